The molecule has 1 aromatic rings. The number of nitrogens with zero attached hydrogens (tertiary/aromatic N) is 4. The van der Waals surface area contributed by atoms with Crippen LogP contribution in [-0.4, -0.2) is 73.8 Å². The van der Waals surface area contributed by atoms with E-state index in [9.17, 15) is 4.79 Å². The number of anilines is 1. The van der Waals surface area contributed by atoms with Crippen LogP contribution in [0.1, 0.15) is 54.0 Å². The van der Waals surface area contributed by atoms with Crippen molar-refractivity contribution in [3.63, 3.8) is 0 Å². The summed E-state index contributed by atoms with van der Waals surface area (Å²) in [6.07, 6.45) is 6.08. The smallest absolute Gasteiger partial charge is 0.291 e. The van der Waals surface area contributed by atoms with Gasteiger partial charge in [0.05, 0.1) is 0 Å². The fourth-order valence-electron chi connectivity index (χ4n) is 4.37. The molecule has 7 heteroatoms. The fourth-order valence-corrected chi connectivity index (χ4v) is 4.37. The maximum atomic E-state index is 12.3. The zero-order valence-electron chi connectivity index (χ0n) is 18.0. The van der Waals surface area contributed by atoms with Gasteiger partial charge in [0.1, 0.15) is 5.82 Å². The predicted octanol–water partition coefficient (Wildman–Crippen LogP) is 2.17. The minimum atomic E-state index is -0.147. The number of hydrogen-bond donors (Lipinski definition) is 1. The lowest BCUT2D eigenvalue weighted by Gasteiger charge is -2.31. The largest absolute Gasteiger partial charge is 0.384 e. The zero-order valence-corrected chi connectivity index (χ0v) is 18.0. The SMILES string of the molecule is COCC1CCC(N[C@@H]2CCN(c3nc(C(=O)N(C)C)nc(C)c3C)C2)CC1. The van der Waals surface area contributed by atoms with Crippen LogP contribution in [-0.2, 0) is 4.74 Å². The molecule has 1 saturated carbocycles. The predicted molar refractivity (Wildman–Crippen MR) is 111 cm³/mol. The number of carbonyl (C=O) groups is 1. The first kappa shape index (κ1) is 21.0. The molecule has 7 nitrogen and oxygen atoms in total. The Balaban J connectivity index is 1.61. The standard InChI is InChI=1S/C21H35N5O2/c1-14-15(2)22-19(21(27)25(3)4)24-20(14)26-11-10-18(12-26)23-17-8-6-16(7-9-17)13-28-5/h16-18,23H,6-13H2,1-5H3/t16?,17?,18-/m1/s1. The number of nitrogens with one attached hydrogen (secondary N) is 1. The number of carbonyl (C=O) groups excluding carboxylic acids is 1. The molecule has 2 heterocycles. The van der Waals surface area contributed by atoms with Crippen LogP contribution in [0.2, 0.25) is 0 Å². The van der Waals surface area contributed by atoms with E-state index in [0.717, 1.165) is 49.1 Å². The van der Waals surface area contributed by atoms with E-state index < -0.39 is 0 Å². The number of hydrogen-bond acceptors (Lipinski definition) is 6. The van der Waals surface area contributed by atoms with Crippen molar-refractivity contribution in [3.8, 4) is 0 Å². The van der Waals surface area contributed by atoms with E-state index in [2.05, 4.69) is 20.2 Å². The van der Waals surface area contributed by atoms with Crippen LogP contribution < -0.4 is 10.2 Å². The van der Waals surface area contributed by atoms with Crippen molar-refractivity contribution in [2.45, 2.75) is 58.0 Å². The number of methoxy groups -OCH3 is 1. The number of ether oxygens (including phenoxy) is 1. The Kier molecular flexibility index (Phi) is 6.88. The van der Waals surface area contributed by atoms with Crippen molar-refractivity contribution in [2.24, 2.45) is 5.92 Å². The summed E-state index contributed by atoms with van der Waals surface area (Å²) in [7, 11) is 5.27. The van der Waals surface area contributed by atoms with E-state index in [4.69, 9.17) is 4.74 Å². The van der Waals surface area contributed by atoms with Gasteiger partial charge in [-0.15, -0.1) is 0 Å². The molecule has 1 saturated heterocycles. The molecule has 1 aliphatic carbocycles. The normalized spacial score (nSPS) is 25.2. The van der Waals surface area contributed by atoms with Crippen molar-refractivity contribution in [1.82, 2.24) is 20.2 Å². The average molecular weight is 390 g/mol. The first-order valence-electron chi connectivity index (χ1n) is 10.5. The third-order valence-electron chi connectivity index (χ3n) is 6.17. The molecule has 0 bridgehead atoms. The Morgan fingerprint density at radius 1 is 1.14 bits per heavy atom. The number of rotatable bonds is 6. The Morgan fingerprint density at radius 3 is 2.50 bits per heavy atom. The van der Waals surface area contributed by atoms with Gasteiger partial charge < -0.3 is 19.9 Å². The average Bonchev–Trinajstić information content (AvgIpc) is 3.13. The summed E-state index contributed by atoms with van der Waals surface area (Å²) in [5.41, 5.74) is 1.94. The second kappa shape index (κ2) is 9.18. The highest BCUT2D eigenvalue weighted by molar-refractivity contribution is 5.90. The molecule has 3 rings (SSSR count). The van der Waals surface area contributed by atoms with Gasteiger partial charge in [-0.2, -0.15) is 0 Å². The van der Waals surface area contributed by atoms with E-state index in [1.165, 1.54) is 30.6 Å². The third-order valence-corrected chi connectivity index (χ3v) is 6.17. The van der Waals surface area contributed by atoms with Crippen LogP contribution in [0.15, 0.2) is 0 Å². The van der Waals surface area contributed by atoms with Gasteiger partial charge in [-0.25, -0.2) is 9.97 Å². The molecule has 0 radical (unpaired) electrons. The first-order chi connectivity index (χ1) is 13.4. The highest BCUT2D eigenvalue weighted by Gasteiger charge is 2.29. The highest BCUT2D eigenvalue weighted by Crippen LogP contribution is 2.27. The van der Waals surface area contributed by atoms with Gasteiger partial charge in [-0.3, -0.25) is 4.79 Å². The lowest BCUT2D eigenvalue weighted by molar-refractivity contribution is 0.0815. The van der Waals surface area contributed by atoms with Crippen molar-refractivity contribution < 1.29 is 9.53 Å². The Hall–Kier alpha value is -1.73. The molecule has 156 valence electrons. The summed E-state index contributed by atoms with van der Waals surface area (Å²) in [4.78, 5) is 25.2. The van der Waals surface area contributed by atoms with E-state index in [1.54, 1.807) is 21.2 Å². The van der Waals surface area contributed by atoms with E-state index in [0.29, 0.717) is 12.1 Å². The van der Waals surface area contributed by atoms with Gasteiger partial charge in [0, 0.05) is 64.2 Å². The molecule has 28 heavy (non-hydrogen) atoms. The number of aromatic nitrogens is 2. The molecule has 2 fully saturated rings. The Morgan fingerprint density at radius 2 is 1.86 bits per heavy atom. The molecule has 2 aliphatic rings. The summed E-state index contributed by atoms with van der Waals surface area (Å²) < 4.78 is 5.31. The summed E-state index contributed by atoms with van der Waals surface area (Å²) in [5, 5.41) is 3.87. The van der Waals surface area contributed by atoms with Crippen molar-refractivity contribution in [1.29, 1.82) is 0 Å². The quantitative estimate of drug-likeness (QED) is 0.804. The summed E-state index contributed by atoms with van der Waals surface area (Å²) in [5.74, 6) is 1.77. The second-order valence-corrected chi connectivity index (χ2v) is 8.55. The molecule has 1 aromatic heterocycles. The third kappa shape index (κ3) is 4.81. The molecular weight excluding hydrogens is 354 g/mol. The van der Waals surface area contributed by atoms with Gasteiger partial charge >= 0.3 is 0 Å². The van der Waals surface area contributed by atoms with E-state index in [1.807, 2.05) is 13.8 Å². The van der Waals surface area contributed by atoms with Crippen LogP contribution in [0.5, 0.6) is 0 Å². The molecule has 0 spiro atoms. The molecule has 0 unspecified atom stereocenters. The Labute approximate surface area is 168 Å². The molecule has 1 aliphatic heterocycles. The van der Waals surface area contributed by atoms with Crippen molar-refractivity contribution in [2.75, 3.05) is 45.8 Å². The molecule has 1 atom stereocenters. The maximum absolute atomic E-state index is 12.3. The Bertz CT molecular complexity index is 686. The maximum Gasteiger partial charge on any atom is 0.291 e. The summed E-state index contributed by atoms with van der Waals surface area (Å²) >= 11 is 0. The molecular formula is C21H35N5O2. The van der Waals surface area contributed by atoms with E-state index >= 15 is 0 Å². The number of aryl methyl sites for hydroxylation is 1. The lowest BCUT2D eigenvalue weighted by Crippen LogP contribution is -2.42. The molecule has 0 aromatic carbocycles. The summed E-state index contributed by atoms with van der Waals surface area (Å²) in [6.45, 7) is 6.79. The number of amides is 1. The highest BCUT2D eigenvalue weighted by atomic mass is 16.5. The second-order valence-electron chi connectivity index (χ2n) is 8.55. The zero-order chi connectivity index (χ0) is 20.3. The topological polar surface area (TPSA) is 70.6 Å². The monoisotopic (exact) mass is 389 g/mol. The van der Waals surface area contributed by atoms with Crippen LogP contribution in [0.25, 0.3) is 0 Å². The molecule has 1 amide bonds. The van der Waals surface area contributed by atoms with Crippen LogP contribution in [0, 0.1) is 19.8 Å². The van der Waals surface area contributed by atoms with Crippen molar-refractivity contribution >= 4 is 11.7 Å². The van der Waals surface area contributed by atoms with E-state index in [-0.39, 0.29) is 11.7 Å². The lowest BCUT2D eigenvalue weighted by atomic mass is 9.86. The van der Waals surface area contributed by atoms with Gasteiger partial charge in [0.15, 0.2) is 0 Å². The van der Waals surface area contributed by atoms with Crippen LogP contribution in [0.3, 0.4) is 0 Å². The first-order valence-corrected chi connectivity index (χ1v) is 10.5. The van der Waals surface area contributed by atoms with Gasteiger partial charge in [0.25, 0.3) is 5.91 Å². The van der Waals surface area contributed by atoms with Crippen LogP contribution in [0.4, 0.5) is 5.82 Å². The minimum absolute atomic E-state index is 0.147. The minimum Gasteiger partial charge on any atom is -0.384 e. The summed E-state index contributed by atoms with van der Waals surface area (Å²) in [6, 6.07) is 1.09. The van der Waals surface area contributed by atoms with Crippen molar-refractivity contribution in [3.05, 3.63) is 17.1 Å². The molecule has 1 N–H and O–H groups in total. The van der Waals surface area contributed by atoms with Crippen LogP contribution >= 0.6 is 0 Å². The van der Waals surface area contributed by atoms with Gasteiger partial charge in [-0.05, 0) is 51.9 Å². The fraction of sp³-hybridized carbons (Fsp3) is 0.762. The van der Waals surface area contributed by atoms with Gasteiger partial charge in [0.2, 0.25) is 5.82 Å². The van der Waals surface area contributed by atoms with Gasteiger partial charge in [-0.1, -0.05) is 0 Å².